The van der Waals surface area contributed by atoms with Gasteiger partial charge in [-0.15, -0.1) is 0 Å². The van der Waals surface area contributed by atoms with Gasteiger partial charge >= 0.3 is 0 Å². The van der Waals surface area contributed by atoms with E-state index in [0.717, 1.165) is 13.0 Å². The van der Waals surface area contributed by atoms with E-state index in [4.69, 9.17) is 9.84 Å². The number of hydrogen-bond donors (Lipinski definition) is 1. The molecule has 1 saturated heterocycles. The second-order valence-corrected chi connectivity index (χ2v) is 2.03. The van der Waals surface area contributed by atoms with Crippen LogP contribution in [0, 0.1) is 5.92 Å². The highest BCUT2D eigenvalue weighted by molar-refractivity contribution is 4.61. The van der Waals surface area contributed by atoms with Crippen molar-refractivity contribution in [3.63, 3.8) is 0 Å². The Hall–Kier alpha value is -0.0800. The van der Waals surface area contributed by atoms with Crippen molar-refractivity contribution in [2.75, 3.05) is 6.61 Å². The molecule has 7 heavy (non-hydrogen) atoms. The molecule has 1 heterocycles. The average Bonchev–Trinajstić information content (AvgIpc) is 1.91. The Morgan fingerprint density at radius 1 is 1.71 bits per heavy atom. The summed E-state index contributed by atoms with van der Waals surface area (Å²) in [6.07, 6.45) is 0.515. The molecule has 0 spiro atoms. The summed E-state index contributed by atoms with van der Waals surface area (Å²) in [5.41, 5.74) is 0. The molecule has 1 rings (SSSR count). The van der Waals surface area contributed by atoms with E-state index in [9.17, 15) is 0 Å². The molecule has 0 saturated carbocycles. The van der Waals surface area contributed by atoms with Gasteiger partial charge in [-0.2, -0.15) is 0 Å². The Morgan fingerprint density at radius 3 is 2.57 bits per heavy atom. The van der Waals surface area contributed by atoms with Gasteiger partial charge in [-0.05, 0) is 6.42 Å². The summed E-state index contributed by atoms with van der Waals surface area (Å²) < 4.78 is 4.82. The van der Waals surface area contributed by atoms with Gasteiger partial charge in [0.2, 0.25) is 0 Å². The molecular formula is C5H10O2. The molecule has 0 aromatic carbocycles. The van der Waals surface area contributed by atoms with Crippen molar-refractivity contribution in [3.05, 3.63) is 0 Å². The highest BCUT2D eigenvalue weighted by atomic mass is 16.6. The fourth-order valence-corrected chi connectivity index (χ4v) is 0.682. The van der Waals surface area contributed by atoms with Gasteiger partial charge in [0.05, 0.1) is 6.61 Å². The molecule has 2 heteroatoms. The van der Waals surface area contributed by atoms with E-state index in [1.54, 1.807) is 0 Å². The van der Waals surface area contributed by atoms with Gasteiger partial charge in [0.25, 0.3) is 0 Å². The van der Waals surface area contributed by atoms with Crippen LogP contribution < -0.4 is 0 Å². The molecule has 2 atom stereocenters. The van der Waals surface area contributed by atoms with Crippen LogP contribution in [0.15, 0.2) is 0 Å². The predicted octanol–water partition coefficient (Wildman–Crippen LogP) is 0.361. The molecule has 1 aliphatic rings. The summed E-state index contributed by atoms with van der Waals surface area (Å²) in [4.78, 5) is 0. The van der Waals surface area contributed by atoms with Crippen LogP contribution in [0.1, 0.15) is 13.3 Å². The lowest BCUT2D eigenvalue weighted by molar-refractivity contribution is -0.0786. The normalized spacial score (nSPS) is 42.0. The maximum absolute atomic E-state index is 8.78. The smallest absolute Gasteiger partial charge is 0.157 e. The molecule has 1 unspecified atom stereocenters. The van der Waals surface area contributed by atoms with Gasteiger partial charge < -0.3 is 9.84 Å². The first-order valence-electron chi connectivity index (χ1n) is 2.60. The van der Waals surface area contributed by atoms with Gasteiger partial charge in [0.1, 0.15) is 0 Å². The van der Waals surface area contributed by atoms with Crippen molar-refractivity contribution in [1.29, 1.82) is 0 Å². The summed E-state index contributed by atoms with van der Waals surface area (Å²) in [5, 5.41) is 8.78. The van der Waals surface area contributed by atoms with Gasteiger partial charge in [-0.1, -0.05) is 6.92 Å². The van der Waals surface area contributed by atoms with E-state index in [0.29, 0.717) is 5.92 Å². The fraction of sp³-hybridized carbons (Fsp3) is 1.00. The van der Waals surface area contributed by atoms with Crippen molar-refractivity contribution in [2.45, 2.75) is 19.6 Å². The first-order chi connectivity index (χ1) is 3.30. The third kappa shape index (κ3) is 0.924. The van der Waals surface area contributed by atoms with Gasteiger partial charge in [-0.3, -0.25) is 0 Å². The predicted molar refractivity (Wildman–Crippen MR) is 25.7 cm³/mol. The first-order valence-corrected chi connectivity index (χ1v) is 2.60. The summed E-state index contributed by atoms with van der Waals surface area (Å²) in [6, 6.07) is 0. The van der Waals surface area contributed by atoms with Crippen molar-refractivity contribution >= 4 is 0 Å². The number of hydrogen-bond acceptors (Lipinski definition) is 2. The lowest BCUT2D eigenvalue weighted by atomic mass is 10.1. The third-order valence-corrected chi connectivity index (χ3v) is 1.35. The number of aliphatic hydroxyl groups excluding tert-OH is 1. The minimum atomic E-state index is -0.486. The molecular weight excluding hydrogens is 92.1 g/mol. The van der Waals surface area contributed by atoms with E-state index in [-0.39, 0.29) is 0 Å². The summed E-state index contributed by atoms with van der Waals surface area (Å²) in [6.45, 7) is 2.71. The standard InChI is InChI=1S/C5H10O2/c1-4-2-3-7-5(4)6/h4-6H,2-3H2,1H3/t4-,5?/m1/s1. The van der Waals surface area contributed by atoms with Crippen LogP contribution in [0.5, 0.6) is 0 Å². The summed E-state index contributed by atoms with van der Waals surface area (Å²) >= 11 is 0. The van der Waals surface area contributed by atoms with Crippen LogP contribution in [0.25, 0.3) is 0 Å². The van der Waals surface area contributed by atoms with Crippen LogP contribution in [-0.4, -0.2) is 18.0 Å². The third-order valence-electron chi connectivity index (χ3n) is 1.35. The monoisotopic (exact) mass is 102 g/mol. The second kappa shape index (κ2) is 1.80. The molecule has 0 aliphatic carbocycles. The maximum atomic E-state index is 8.78. The Morgan fingerprint density at radius 2 is 2.43 bits per heavy atom. The molecule has 1 N–H and O–H groups in total. The van der Waals surface area contributed by atoms with Crippen LogP contribution in [0.3, 0.4) is 0 Å². The second-order valence-electron chi connectivity index (χ2n) is 2.03. The molecule has 2 nitrogen and oxygen atoms in total. The van der Waals surface area contributed by atoms with E-state index >= 15 is 0 Å². The van der Waals surface area contributed by atoms with Gasteiger partial charge in [-0.25, -0.2) is 0 Å². The van der Waals surface area contributed by atoms with E-state index in [1.807, 2.05) is 6.92 Å². The Kier molecular flexibility index (Phi) is 1.30. The average molecular weight is 102 g/mol. The van der Waals surface area contributed by atoms with Crippen molar-refractivity contribution in [1.82, 2.24) is 0 Å². The summed E-state index contributed by atoms with van der Waals surface area (Å²) in [5.74, 6) is 0.347. The Balaban J connectivity index is 2.33. The summed E-state index contributed by atoms with van der Waals surface area (Å²) in [7, 11) is 0. The van der Waals surface area contributed by atoms with Crippen molar-refractivity contribution < 1.29 is 9.84 Å². The number of rotatable bonds is 0. The molecule has 0 amide bonds. The van der Waals surface area contributed by atoms with Crippen molar-refractivity contribution in [2.24, 2.45) is 5.92 Å². The number of ether oxygens (including phenoxy) is 1. The molecule has 0 aromatic heterocycles. The van der Waals surface area contributed by atoms with Gasteiger partial charge in [0.15, 0.2) is 6.29 Å². The van der Waals surface area contributed by atoms with Crippen molar-refractivity contribution in [3.8, 4) is 0 Å². The number of aliphatic hydroxyl groups is 1. The van der Waals surface area contributed by atoms with Crippen LogP contribution in [-0.2, 0) is 4.74 Å². The van der Waals surface area contributed by atoms with E-state index in [1.165, 1.54) is 0 Å². The molecule has 1 aliphatic heterocycles. The molecule has 0 aromatic rings. The lowest BCUT2D eigenvalue weighted by Crippen LogP contribution is -2.10. The molecule has 42 valence electrons. The SMILES string of the molecule is C[C@@H]1CCOC1O. The Labute approximate surface area is 43.1 Å². The van der Waals surface area contributed by atoms with Crippen LogP contribution in [0.2, 0.25) is 0 Å². The lowest BCUT2D eigenvalue weighted by Gasteiger charge is -2.03. The zero-order valence-corrected chi connectivity index (χ0v) is 4.42. The topological polar surface area (TPSA) is 29.5 Å². The Bertz CT molecular complexity index is 55.1. The largest absolute Gasteiger partial charge is 0.368 e. The van der Waals surface area contributed by atoms with Crippen LogP contribution >= 0.6 is 0 Å². The van der Waals surface area contributed by atoms with E-state index in [2.05, 4.69) is 0 Å². The van der Waals surface area contributed by atoms with Gasteiger partial charge in [0, 0.05) is 5.92 Å². The molecule has 0 radical (unpaired) electrons. The maximum Gasteiger partial charge on any atom is 0.157 e. The molecule has 0 bridgehead atoms. The highest BCUT2D eigenvalue weighted by Gasteiger charge is 2.20. The first kappa shape index (κ1) is 5.06. The fourth-order valence-electron chi connectivity index (χ4n) is 0.682. The van der Waals surface area contributed by atoms with Crippen LogP contribution in [0.4, 0.5) is 0 Å². The minimum Gasteiger partial charge on any atom is -0.368 e. The zero-order chi connectivity index (χ0) is 5.28. The highest BCUT2D eigenvalue weighted by Crippen LogP contribution is 2.16. The molecule has 1 fully saturated rings. The minimum absolute atomic E-state index is 0.347. The zero-order valence-electron chi connectivity index (χ0n) is 4.42. The van der Waals surface area contributed by atoms with E-state index < -0.39 is 6.29 Å². The quantitative estimate of drug-likeness (QED) is 0.478.